The molecule has 1 aromatic rings. The van der Waals surface area contributed by atoms with E-state index in [9.17, 15) is 0 Å². The lowest BCUT2D eigenvalue weighted by Gasteiger charge is -1.98. The maximum Gasteiger partial charge on any atom is 0.170 e. The third-order valence-corrected chi connectivity index (χ3v) is 3.12. The smallest absolute Gasteiger partial charge is 0.170 e. The first-order valence-corrected chi connectivity index (χ1v) is 5.05. The minimum atomic E-state index is -0.274. The molecule has 62 valence electrons. The molecule has 1 N–H and O–H groups in total. The van der Waals surface area contributed by atoms with Crippen molar-refractivity contribution in [3.05, 3.63) is 5.82 Å². The Balaban J connectivity index is 2.39. The normalized spacial score (nSPS) is 13.4. The van der Waals surface area contributed by atoms with Crippen molar-refractivity contribution in [2.24, 2.45) is 0 Å². The predicted molar refractivity (Wildman–Crippen MR) is 47.1 cm³/mol. The molecule has 0 saturated heterocycles. The first kappa shape index (κ1) is 8.96. The van der Waals surface area contributed by atoms with Crippen LogP contribution in [-0.4, -0.2) is 26.3 Å². The molecular weight excluding hydrogens is 180 g/mol. The maximum atomic E-state index is 8.96. The van der Waals surface area contributed by atoms with Crippen LogP contribution in [0.4, 0.5) is 0 Å². The second-order valence-electron chi connectivity index (χ2n) is 2.27. The number of nitrogens with zero attached hydrogens (tertiary/aromatic N) is 2. The Morgan fingerprint density at radius 3 is 2.91 bits per heavy atom. The van der Waals surface area contributed by atoms with Gasteiger partial charge < -0.3 is 5.11 Å². The van der Waals surface area contributed by atoms with Crippen LogP contribution in [0.3, 0.4) is 0 Å². The molecule has 3 nitrogen and oxygen atoms in total. The van der Waals surface area contributed by atoms with E-state index in [2.05, 4.69) is 9.36 Å². The van der Waals surface area contributed by atoms with Gasteiger partial charge in [-0.2, -0.15) is 4.37 Å². The highest BCUT2D eigenvalue weighted by molar-refractivity contribution is 8.00. The lowest BCUT2D eigenvalue weighted by molar-refractivity contribution is 0.220. The average Bonchev–Trinajstić information content (AvgIpc) is 2.31. The van der Waals surface area contributed by atoms with Crippen molar-refractivity contribution in [2.45, 2.75) is 24.3 Å². The van der Waals surface area contributed by atoms with Crippen LogP contribution in [0.1, 0.15) is 12.7 Å². The van der Waals surface area contributed by atoms with Crippen molar-refractivity contribution >= 4 is 23.3 Å². The molecule has 0 saturated carbocycles. The molecule has 0 aromatic carbocycles. The van der Waals surface area contributed by atoms with Gasteiger partial charge in [0.05, 0.1) is 6.10 Å². The fourth-order valence-electron chi connectivity index (χ4n) is 0.529. The number of hydrogen-bond acceptors (Lipinski definition) is 5. The van der Waals surface area contributed by atoms with Crippen molar-refractivity contribution in [3.63, 3.8) is 0 Å². The van der Waals surface area contributed by atoms with E-state index in [0.29, 0.717) is 5.75 Å². The summed E-state index contributed by atoms with van der Waals surface area (Å²) in [6.45, 7) is 3.63. The molecule has 0 radical (unpaired) electrons. The van der Waals surface area contributed by atoms with Gasteiger partial charge in [-0.05, 0) is 25.4 Å². The van der Waals surface area contributed by atoms with Crippen LogP contribution in [0.5, 0.6) is 0 Å². The van der Waals surface area contributed by atoms with E-state index in [1.54, 1.807) is 18.7 Å². The molecule has 11 heavy (non-hydrogen) atoms. The van der Waals surface area contributed by atoms with Gasteiger partial charge in [0.1, 0.15) is 5.82 Å². The number of aliphatic hydroxyl groups excluding tert-OH is 1. The topological polar surface area (TPSA) is 46.0 Å². The molecule has 0 aliphatic rings. The average molecular weight is 190 g/mol. The molecular formula is C6H10N2OS2. The predicted octanol–water partition coefficient (Wildman–Crippen LogP) is 1.32. The maximum absolute atomic E-state index is 8.96. The van der Waals surface area contributed by atoms with E-state index >= 15 is 0 Å². The highest BCUT2D eigenvalue weighted by Gasteiger charge is 2.02. The molecule has 1 aromatic heterocycles. The van der Waals surface area contributed by atoms with Gasteiger partial charge in [0.15, 0.2) is 4.34 Å². The van der Waals surface area contributed by atoms with Gasteiger partial charge in [0.2, 0.25) is 0 Å². The molecule has 1 heterocycles. The molecule has 5 heteroatoms. The Labute approximate surface area is 74.0 Å². The van der Waals surface area contributed by atoms with Crippen molar-refractivity contribution in [1.82, 2.24) is 9.36 Å². The number of hydrogen-bond donors (Lipinski definition) is 1. The molecule has 1 rings (SSSR count). The lowest BCUT2D eigenvalue weighted by Crippen LogP contribution is -2.01. The van der Waals surface area contributed by atoms with Crippen molar-refractivity contribution in [1.29, 1.82) is 0 Å². The first-order valence-electron chi connectivity index (χ1n) is 3.29. The lowest BCUT2D eigenvalue weighted by atomic mass is 10.5. The second-order valence-corrected chi connectivity index (χ2v) is 4.29. The van der Waals surface area contributed by atoms with Gasteiger partial charge in [0.25, 0.3) is 0 Å². The minimum Gasteiger partial charge on any atom is -0.393 e. The Hall–Kier alpha value is -0.130. The summed E-state index contributed by atoms with van der Waals surface area (Å²) in [6, 6.07) is 0. The zero-order valence-corrected chi connectivity index (χ0v) is 8.08. The molecule has 0 aliphatic heterocycles. The Kier molecular flexibility index (Phi) is 3.29. The van der Waals surface area contributed by atoms with Crippen LogP contribution in [0.2, 0.25) is 0 Å². The monoisotopic (exact) mass is 190 g/mol. The largest absolute Gasteiger partial charge is 0.393 e. The molecule has 0 fully saturated rings. The van der Waals surface area contributed by atoms with Crippen molar-refractivity contribution in [2.75, 3.05) is 5.75 Å². The van der Waals surface area contributed by atoms with E-state index in [-0.39, 0.29) is 6.10 Å². The molecule has 1 atom stereocenters. The Morgan fingerprint density at radius 2 is 2.45 bits per heavy atom. The quantitative estimate of drug-likeness (QED) is 0.730. The molecule has 0 unspecified atom stereocenters. The zero-order valence-electron chi connectivity index (χ0n) is 6.44. The van der Waals surface area contributed by atoms with Gasteiger partial charge in [0, 0.05) is 5.75 Å². The van der Waals surface area contributed by atoms with Crippen LogP contribution in [0.15, 0.2) is 4.34 Å². The third-order valence-electron chi connectivity index (χ3n) is 0.957. The number of thioether (sulfide) groups is 1. The number of aryl methyl sites for hydroxylation is 1. The Morgan fingerprint density at radius 1 is 1.73 bits per heavy atom. The summed E-state index contributed by atoms with van der Waals surface area (Å²) >= 11 is 2.93. The van der Waals surface area contributed by atoms with Crippen LogP contribution in [0, 0.1) is 6.92 Å². The van der Waals surface area contributed by atoms with Crippen molar-refractivity contribution < 1.29 is 5.11 Å². The minimum absolute atomic E-state index is 0.274. The zero-order chi connectivity index (χ0) is 8.27. The van der Waals surface area contributed by atoms with Crippen LogP contribution in [-0.2, 0) is 0 Å². The molecule has 0 spiro atoms. The highest BCUT2D eigenvalue weighted by Crippen LogP contribution is 2.20. The summed E-state index contributed by atoms with van der Waals surface area (Å²) in [6.07, 6.45) is -0.274. The number of aromatic nitrogens is 2. The van der Waals surface area contributed by atoms with Crippen molar-refractivity contribution in [3.8, 4) is 0 Å². The number of rotatable bonds is 3. The summed E-state index contributed by atoms with van der Waals surface area (Å²) in [5, 5.41) is 8.96. The van der Waals surface area contributed by atoms with Crippen LogP contribution in [0.25, 0.3) is 0 Å². The van der Waals surface area contributed by atoms with E-state index in [4.69, 9.17) is 5.11 Å². The summed E-state index contributed by atoms with van der Waals surface area (Å²) in [4.78, 5) is 4.14. The first-order chi connectivity index (χ1) is 5.18. The SMILES string of the molecule is Cc1nsc(SC[C@@H](C)O)n1. The van der Waals surface area contributed by atoms with Gasteiger partial charge in [-0.25, -0.2) is 4.98 Å². The van der Waals surface area contributed by atoms with E-state index < -0.39 is 0 Å². The van der Waals surface area contributed by atoms with E-state index in [1.165, 1.54) is 11.5 Å². The fraction of sp³-hybridized carbons (Fsp3) is 0.667. The summed E-state index contributed by atoms with van der Waals surface area (Å²) < 4.78 is 4.96. The standard InChI is InChI=1S/C6H10N2OS2/c1-4(9)3-10-6-7-5(2)8-11-6/h4,9H,3H2,1-2H3/t4-/m1/s1. The van der Waals surface area contributed by atoms with E-state index in [0.717, 1.165) is 10.2 Å². The molecule has 0 aliphatic carbocycles. The molecule has 0 bridgehead atoms. The fourth-order valence-corrected chi connectivity index (χ4v) is 2.06. The van der Waals surface area contributed by atoms with Gasteiger partial charge in [-0.1, -0.05) is 11.8 Å². The summed E-state index contributed by atoms with van der Waals surface area (Å²) in [7, 11) is 0. The Bertz CT molecular complexity index is 224. The number of aliphatic hydroxyl groups is 1. The summed E-state index contributed by atoms with van der Waals surface area (Å²) in [5.41, 5.74) is 0. The highest BCUT2D eigenvalue weighted by atomic mass is 32.2. The third kappa shape index (κ3) is 3.18. The van der Waals surface area contributed by atoms with Crippen LogP contribution >= 0.6 is 23.3 Å². The van der Waals surface area contributed by atoms with Gasteiger partial charge in [-0.15, -0.1) is 0 Å². The van der Waals surface area contributed by atoms with Gasteiger partial charge in [-0.3, -0.25) is 0 Å². The second kappa shape index (κ2) is 4.04. The van der Waals surface area contributed by atoms with Crippen LogP contribution < -0.4 is 0 Å². The summed E-state index contributed by atoms with van der Waals surface area (Å²) in [5.74, 6) is 1.50. The van der Waals surface area contributed by atoms with Gasteiger partial charge >= 0.3 is 0 Å². The van der Waals surface area contributed by atoms with E-state index in [1.807, 2.05) is 6.92 Å². The molecule has 0 amide bonds.